The van der Waals surface area contributed by atoms with E-state index in [0.717, 1.165) is 57.8 Å². The first-order valence-electron chi connectivity index (χ1n) is 21.8. The number of anilines is 1. The van der Waals surface area contributed by atoms with Gasteiger partial charge in [-0.25, -0.2) is 0 Å². The Hall–Kier alpha value is -2.72. The van der Waals surface area contributed by atoms with Gasteiger partial charge < -0.3 is 79.3 Å². The number of carbonyl (C=O) groups is 2. The van der Waals surface area contributed by atoms with E-state index in [1.807, 2.05) is 6.92 Å². The zero-order valence-electron chi connectivity index (χ0n) is 36.5. The molecule has 2 aliphatic heterocycles. The minimum absolute atomic E-state index is 0.0396. The summed E-state index contributed by atoms with van der Waals surface area (Å²) in [6.45, 7) is 7.12. The van der Waals surface area contributed by atoms with Crippen molar-refractivity contribution < 1.29 is 83.6 Å². The number of methoxy groups -OCH3 is 1. The number of aliphatic hydroxyl groups is 8. The quantitative estimate of drug-likeness (QED) is 0.0449. The maximum atomic E-state index is 13.7. The van der Waals surface area contributed by atoms with E-state index >= 15 is 0 Å². The predicted molar refractivity (Wildman–Crippen MR) is 220 cm³/mol. The van der Waals surface area contributed by atoms with Crippen molar-refractivity contribution in [1.29, 1.82) is 0 Å². The van der Waals surface area contributed by atoms with Crippen molar-refractivity contribution in [3.8, 4) is 5.75 Å². The summed E-state index contributed by atoms with van der Waals surface area (Å²) >= 11 is 0. The molecule has 61 heavy (non-hydrogen) atoms. The summed E-state index contributed by atoms with van der Waals surface area (Å²) in [6.07, 6.45) is -13.6. The average Bonchev–Trinajstić information content (AvgIpc) is 3.24. The van der Waals surface area contributed by atoms with E-state index in [4.69, 9.17) is 33.2 Å². The number of hydrogen-bond acceptors (Lipinski definition) is 18. The van der Waals surface area contributed by atoms with Crippen LogP contribution < -0.4 is 10.1 Å². The van der Waals surface area contributed by atoms with Crippen LogP contribution >= 0.6 is 0 Å². The van der Waals surface area contributed by atoms with E-state index in [0.29, 0.717) is 17.9 Å². The number of rotatable bonds is 27. The Morgan fingerprint density at radius 1 is 0.754 bits per heavy atom. The fraction of sp³-hybridized carbons (Fsp3) is 0.814. The first kappa shape index (κ1) is 52.6. The Labute approximate surface area is 359 Å². The lowest BCUT2D eigenvalue weighted by Crippen LogP contribution is -2.65. The number of carbonyl (C=O) groups excluding carboxylic acids is 2. The van der Waals surface area contributed by atoms with Crippen LogP contribution in [0.25, 0.3) is 0 Å². The number of aliphatic hydroxyl groups excluding tert-OH is 8. The molecule has 0 amide bonds. The third-order valence-corrected chi connectivity index (χ3v) is 11.1. The van der Waals surface area contributed by atoms with Crippen LogP contribution in [0.3, 0.4) is 0 Å². The fourth-order valence-electron chi connectivity index (χ4n) is 7.20. The van der Waals surface area contributed by atoms with E-state index in [2.05, 4.69) is 5.32 Å². The van der Waals surface area contributed by atoms with Gasteiger partial charge in [0, 0.05) is 18.7 Å². The molecule has 18 heteroatoms. The van der Waals surface area contributed by atoms with Crippen molar-refractivity contribution in [2.45, 2.75) is 197 Å². The third kappa shape index (κ3) is 16.4. The van der Waals surface area contributed by atoms with Crippen LogP contribution in [0.5, 0.6) is 5.75 Å². The van der Waals surface area contributed by atoms with Crippen LogP contribution in [0, 0.1) is 5.92 Å². The number of nitrogens with one attached hydrogen (secondary N) is 1. The molecule has 352 valence electrons. The molecule has 2 fully saturated rings. The van der Waals surface area contributed by atoms with Gasteiger partial charge in [-0.05, 0) is 57.4 Å². The molecule has 1 aromatic rings. The Balaban J connectivity index is 1.92. The zero-order valence-corrected chi connectivity index (χ0v) is 36.5. The van der Waals surface area contributed by atoms with E-state index in [9.17, 15) is 50.4 Å². The number of ether oxygens (including phenoxy) is 7. The Bertz CT molecular complexity index is 1390. The lowest BCUT2D eigenvalue weighted by molar-refractivity contribution is -0.361. The molecule has 0 aromatic heterocycles. The van der Waals surface area contributed by atoms with Gasteiger partial charge in [0.15, 0.2) is 24.8 Å². The van der Waals surface area contributed by atoms with Crippen molar-refractivity contribution in [1.82, 2.24) is 0 Å². The van der Waals surface area contributed by atoms with Gasteiger partial charge in [0.25, 0.3) is 0 Å². The molecule has 2 heterocycles. The molecule has 0 bridgehead atoms. The standard InChI is InChI=1S/C43H73NO17/c1-7-15-28(46)16-13-11-9-8-10-12-14-17-32(48)59-40-39(61-42-37(53)36(52)33(49)25(4)56-42)38(60-41(54)24(2)3)26(5)57-43(40)58-31(35(51)34(50)30(47)23-45)22-44-27-18-20-29(55-6)21-19-27/h18-21,24-26,28,30-31,33-40,42-47,49-53H,7-17,22-23H2,1-6H3/t25-,26-,28+,30-,31+,33-,34-,35-,36+,37+,38-,39+,40+,42-,43?/m1/s1. The second kappa shape index (κ2) is 26.8. The van der Waals surface area contributed by atoms with Crippen LogP contribution in [0.4, 0.5) is 5.69 Å². The molecule has 9 N–H and O–H groups in total. The topological polar surface area (TPSA) is 273 Å². The van der Waals surface area contributed by atoms with E-state index in [1.54, 1.807) is 38.1 Å². The Morgan fingerprint density at radius 2 is 1.38 bits per heavy atom. The average molecular weight is 876 g/mol. The zero-order chi connectivity index (χ0) is 45.2. The molecule has 2 saturated heterocycles. The Kier molecular flexibility index (Phi) is 23.1. The first-order chi connectivity index (χ1) is 29.0. The predicted octanol–water partition coefficient (Wildman–Crippen LogP) is 1.68. The molecule has 1 aromatic carbocycles. The highest BCUT2D eigenvalue weighted by molar-refractivity contribution is 5.72. The van der Waals surface area contributed by atoms with Gasteiger partial charge in [-0.3, -0.25) is 9.59 Å². The second-order valence-corrected chi connectivity index (χ2v) is 16.5. The van der Waals surface area contributed by atoms with Crippen LogP contribution in [0.2, 0.25) is 0 Å². The van der Waals surface area contributed by atoms with Crippen LogP contribution in [-0.2, 0) is 38.0 Å². The highest BCUT2D eigenvalue weighted by atomic mass is 16.8. The molecular formula is C43H73NO17. The van der Waals surface area contributed by atoms with Crippen LogP contribution in [0.1, 0.15) is 105 Å². The molecule has 0 saturated carbocycles. The molecular weight excluding hydrogens is 802 g/mol. The SMILES string of the molecule is CCC[C@H](O)CCCCCCCCCC(=O)O[C@@H]1C(O[C@@H](CNc2ccc(OC)cc2)[C@@H](O)[C@H](O)[C@H](O)CO)O[C@H](C)[C@@H](OC(=O)C(C)C)[C@@H]1O[C@H]1O[C@H](C)[C@@H](O)[C@H](O)[C@@H]1O. The summed E-state index contributed by atoms with van der Waals surface area (Å²) in [5, 5.41) is 87.1. The smallest absolute Gasteiger partial charge is 0.308 e. The van der Waals surface area contributed by atoms with Gasteiger partial charge in [-0.15, -0.1) is 0 Å². The molecule has 2 aliphatic rings. The van der Waals surface area contributed by atoms with Gasteiger partial charge in [-0.1, -0.05) is 65.7 Å². The molecule has 18 nitrogen and oxygen atoms in total. The normalized spacial score (nSPS) is 29.3. The summed E-state index contributed by atoms with van der Waals surface area (Å²) in [4.78, 5) is 26.8. The maximum Gasteiger partial charge on any atom is 0.308 e. The minimum atomic E-state index is -1.92. The van der Waals surface area contributed by atoms with Gasteiger partial charge in [0.1, 0.15) is 54.6 Å². The monoisotopic (exact) mass is 875 g/mol. The van der Waals surface area contributed by atoms with E-state index < -0.39 is 110 Å². The number of unbranched alkanes of at least 4 members (excludes halogenated alkanes) is 6. The molecule has 15 atom stereocenters. The van der Waals surface area contributed by atoms with E-state index in [-0.39, 0.29) is 19.1 Å². The highest BCUT2D eigenvalue weighted by Crippen LogP contribution is 2.34. The maximum absolute atomic E-state index is 13.7. The Morgan fingerprint density at radius 3 is 1.98 bits per heavy atom. The van der Waals surface area contributed by atoms with Gasteiger partial charge in [-0.2, -0.15) is 0 Å². The number of esters is 2. The third-order valence-electron chi connectivity index (χ3n) is 11.1. The van der Waals surface area contributed by atoms with Crippen molar-refractivity contribution in [2.24, 2.45) is 5.92 Å². The first-order valence-corrected chi connectivity index (χ1v) is 21.8. The van der Waals surface area contributed by atoms with Gasteiger partial charge >= 0.3 is 11.9 Å². The van der Waals surface area contributed by atoms with Crippen molar-refractivity contribution >= 4 is 17.6 Å². The summed E-state index contributed by atoms with van der Waals surface area (Å²) in [6, 6.07) is 6.73. The largest absolute Gasteiger partial charge is 0.497 e. The lowest BCUT2D eigenvalue weighted by Gasteiger charge is -2.48. The van der Waals surface area contributed by atoms with Crippen LogP contribution in [-0.4, -0.2) is 165 Å². The molecule has 0 spiro atoms. The highest BCUT2D eigenvalue weighted by Gasteiger charge is 2.54. The molecule has 3 rings (SSSR count). The second-order valence-electron chi connectivity index (χ2n) is 16.5. The summed E-state index contributed by atoms with van der Waals surface area (Å²) in [5.74, 6) is -1.41. The molecule has 1 unspecified atom stereocenters. The van der Waals surface area contributed by atoms with Crippen LogP contribution in [0.15, 0.2) is 24.3 Å². The van der Waals surface area contributed by atoms with Crippen molar-refractivity contribution in [3.05, 3.63) is 24.3 Å². The summed E-state index contributed by atoms with van der Waals surface area (Å²) < 4.78 is 41.7. The summed E-state index contributed by atoms with van der Waals surface area (Å²) in [5.41, 5.74) is 0.547. The fourth-order valence-corrected chi connectivity index (χ4v) is 7.20. The van der Waals surface area contributed by atoms with E-state index in [1.165, 1.54) is 21.0 Å². The number of benzene rings is 1. The van der Waals surface area contributed by atoms with Crippen molar-refractivity contribution in [3.63, 3.8) is 0 Å². The molecule has 0 aliphatic carbocycles. The number of hydrogen-bond donors (Lipinski definition) is 9. The summed E-state index contributed by atoms with van der Waals surface area (Å²) in [7, 11) is 1.51. The van der Waals surface area contributed by atoms with Gasteiger partial charge in [0.05, 0.1) is 37.9 Å². The minimum Gasteiger partial charge on any atom is -0.497 e. The van der Waals surface area contributed by atoms with Crippen molar-refractivity contribution in [2.75, 3.05) is 25.6 Å². The molecule has 0 radical (unpaired) electrons. The lowest BCUT2D eigenvalue weighted by atomic mass is 9.96. The van der Waals surface area contributed by atoms with Gasteiger partial charge in [0.2, 0.25) is 0 Å².